The topological polar surface area (TPSA) is 89.9 Å². The molecule has 0 radical (unpaired) electrons. The first kappa shape index (κ1) is 22.8. The van der Waals surface area contributed by atoms with E-state index in [9.17, 15) is 19.5 Å². The molecule has 0 bridgehead atoms. The van der Waals surface area contributed by atoms with E-state index in [2.05, 4.69) is 13.8 Å². The number of fused-ring (bicyclic) bond motifs is 5. The summed E-state index contributed by atoms with van der Waals surface area (Å²) in [6, 6.07) is 0. The number of esters is 2. The van der Waals surface area contributed by atoms with Crippen LogP contribution in [0.4, 0.5) is 0 Å². The SMILES string of the molecule is CC(=O)O[C@H]1CC[C@@]2(C)[C@@H](CC[C@H]3[C@@H]4CC[C@H]([C@H](C)OC(C)=O)[C@@]4(C)CC(=O)[C@@]32O)C1. The zero-order chi connectivity index (χ0) is 22.8. The first-order valence-corrected chi connectivity index (χ1v) is 12.0. The third kappa shape index (κ3) is 3.27. The Labute approximate surface area is 185 Å². The fourth-order valence-corrected chi connectivity index (χ4v) is 8.48. The maximum Gasteiger partial charge on any atom is 0.302 e. The van der Waals surface area contributed by atoms with Gasteiger partial charge in [0.1, 0.15) is 17.8 Å². The van der Waals surface area contributed by atoms with Gasteiger partial charge in [-0.3, -0.25) is 14.4 Å². The Morgan fingerprint density at radius 1 is 1.03 bits per heavy atom. The summed E-state index contributed by atoms with van der Waals surface area (Å²) in [5, 5.41) is 12.2. The minimum Gasteiger partial charge on any atom is -0.463 e. The Morgan fingerprint density at radius 3 is 2.35 bits per heavy atom. The highest BCUT2D eigenvalue weighted by Gasteiger charge is 2.71. The number of carbonyl (C=O) groups is 3. The summed E-state index contributed by atoms with van der Waals surface area (Å²) in [5.41, 5.74) is -2.05. The standard InChI is InChI=1S/C25H38O6/c1-14(30-15(2)26)19-8-9-20-21-7-6-17-12-18(31-16(3)27)10-11-24(17,5)25(21,29)22(28)13-23(19,20)4/h14,17-21,29H,6-13H2,1-5H3/t14-,17-,18-,19+,20-,21-,23+,24-,25-/m0/s1. The van der Waals surface area contributed by atoms with Crippen LogP contribution < -0.4 is 0 Å². The molecule has 0 heterocycles. The lowest BCUT2D eigenvalue weighted by Gasteiger charge is -2.64. The number of hydrogen-bond acceptors (Lipinski definition) is 6. The Balaban J connectivity index is 1.62. The van der Waals surface area contributed by atoms with Gasteiger partial charge in [-0.25, -0.2) is 0 Å². The summed E-state index contributed by atoms with van der Waals surface area (Å²) in [5.74, 6) is -0.0593. The van der Waals surface area contributed by atoms with Crippen LogP contribution in [0.15, 0.2) is 0 Å². The Hall–Kier alpha value is -1.43. The molecular formula is C25H38O6. The van der Waals surface area contributed by atoms with Gasteiger partial charge in [0.05, 0.1) is 0 Å². The molecule has 0 unspecified atom stereocenters. The largest absolute Gasteiger partial charge is 0.463 e. The van der Waals surface area contributed by atoms with Crippen molar-refractivity contribution in [3.63, 3.8) is 0 Å². The maximum absolute atomic E-state index is 13.8. The van der Waals surface area contributed by atoms with Crippen LogP contribution in [0.5, 0.6) is 0 Å². The van der Waals surface area contributed by atoms with E-state index in [-0.39, 0.29) is 59.0 Å². The van der Waals surface area contributed by atoms with Crippen LogP contribution >= 0.6 is 0 Å². The van der Waals surface area contributed by atoms with Gasteiger partial charge in [-0.2, -0.15) is 0 Å². The molecule has 4 aliphatic rings. The second-order valence-electron chi connectivity index (χ2n) is 11.3. The first-order chi connectivity index (χ1) is 14.4. The summed E-state index contributed by atoms with van der Waals surface area (Å²) < 4.78 is 11.0. The molecule has 0 aliphatic heterocycles. The van der Waals surface area contributed by atoms with Crippen LogP contribution in [0.25, 0.3) is 0 Å². The van der Waals surface area contributed by atoms with Crippen LogP contribution in [0.1, 0.15) is 86.0 Å². The second-order valence-corrected chi connectivity index (χ2v) is 11.3. The summed E-state index contributed by atoms with van der Waals surface area (Å²) in [4.78, 5) is 36.8. The second kappa shape index (κ2) is 7.57. The molecule has 4 aliphatic carbocycles. The average molecular weight is 435 g/mol. The van der Waals surface area contributed by atoms with Crippen LogP contribution in [0.2, 0.25) is 0 Å². The molecular weight excluding hydrogens is 396 g/mol. The molecule has 0 saturated heterocycles. The number of rotatable bonds is 3. The van der Waals surface area contributed by atoms with E-state index >= 15 is 0 Å². The normalized spacial score (nSPS) is 47.5. The van der Waals surface area contributed by atoms with E-state index in [1.165, 1.54) is 13.8 Å². The fraction of sp³-hybridized carbons (Fsp3) is 0.880. The number of Topliss-reactive ketones (excluding diaryl/α,β-unsaturated/α-hetero) is 1. The van der Waals surface area contributed by atoms with E-state index < -0.39 is 11.0 Å². The Morgan fingerprint density at radius 2 is 1.71 bits per heavy atom. The van der Waals surface area contributed by atoms with Gasteiger partial charge in [0.2, 0.25) is 0 Å². The van der Waals surface area contributed by atoms with Crippen LogP contribution in [-0.2, 0) is 23.9 Å². The highest BCUT2D eigenvalue weighted by atomic mass is 16.5. The van der Waals surface area contributed by atoms with E-state index in [0.717, 1.165) is 32.1 Å². The number of ether oxygens (including phenoxy) is 2. The van der Waals surface area contributed by atoms with Gasteiger partial charge in [-0.05, 0) is 75.0 Å². The van der Waals surface area contributed by atoms with E-state index in [0.29, 0.717) is 19.3 Å². The van der Waals surface area contributed by atoms with Crippen molar-refractivity contribution in [1.29, 1.82) is 0 Å². The zero-order valence-corrected chi connectivity index (χ0v) is 19.6. The third-order valence-corrected chi connectivity index (χ3v) is 9.85. The lowest BCUT2D eigenvalue weighted by atomic mass is 9.42. The molecule has 0 spiro atoms. The van der Waals surface area contributed by atoms with Gasteiger partial charge in [0, 0.05) is 31.6 Å². The maximum atomic E-state index is 13.8. The van der Waals surface area contributed by atoms with Crippen molar-refractivity contribution in [1.82, 2.24) is 0 Å². The van der Waals surface area contributed by atoms with Crippen molar-refractivity contribution in [2.45, 2.75) is 104 Å². The highest BCUT2D eigenvalue weighted by Crippen LogP contribution is 2.68. The predicted molar refractivity (Wildman–Crippen MR) is 114 cm³/mol. The molecule has 31 heavy (non-hydrogen) atoms. The van der Waals surface area contributed by atoms with Crippen LogP contribution in [0, 0.1) is 34.5 Å². The molecule has 4 fully saturated rings. The average Bonchev–Trinajstić information content (AvgIpc) is 2.99. The molecule has 6 heteroatoms. The lowest BCUT2D eigenvalue weighted by Crippen LogP contribution is -2.70. The third-order valence-electron chi connectivity index (χ3n) is 9.85. The van der Waals surface area contributed by atoms with Gasteiger partial charge in [-0.1, -0.05) is 13.8 Å². The van der Waals surface area contributed by atoms with Gasteiger partial charge in [-0.15, -0.1) is 0 Å². The van der Waals surface area contributed by atoms with Gasteiger partial charge in [0.25, 0.3) is 0 Å². The monoisotopic (exact) mass is 434 g/mol. The van der Waals surface area contributed by atoms with Crippen molar-refractivity contribution in [2.75, 3.05) is 0 Å². The molecule has 1 N–H and O–H groups in total. The van der Waals surface area contributed by atoms with Crippen LogP contribution in [0.3, 0.4) is 0 Å². The predicted octanol–water partition coefficient (Wildman–Crippen LogP) is 3.82. The minimum atomic E-state index is -1.32. The Bertz CT molecular complexity index is 778. The van der Waals surface area contributed by atoms with Gasteiger partial charge in [0.15, 0.2) is 5.78 Å². The summed E-state index contributed by atoms with van der Waals surface area (Å²) in [6.07, 6.45) is 5.79. The van der Waals surface area contributed by atoms with Gasteiger partial charge >= 0.3 is 11.9 Å². The highest BCUT2D eigenvalue weighted by molar-refractivity contribution is 5.90. The molecule has 9 atom stereocenters. The fourth-order valence-electron chi connectivity index (χ4n) is 8.48. The van der Waals surface area contributed by atoms with Crippen molar-refractivity contribution < 1.29 is 29.0 Å². The zero-order valence-electron chi connectivity index (χ0n) is 19.6. The Kier molecular flexibility index (Phi) is 5.55. The van der Waals surface area contributed by atoms with Crippen molar-refractivity contribution in [3.8, 4) is 0 Å². The van der Waals surface area contributed by atoms with Gasteiger partial charge < -0.3 is 14.6 Å². The molecule has 4 saturated carbocycles. The molecule has 0 aromatic carbocycles. The molecule has 174 valence electrons. The van der Waals surface area contributed by atoms with Crippen molar-refractivity contribution in [3.05, 3.63) is 0 Å². The summed E-state index contributed by atoms with van der Waals surface area (Å²) >= 11 is 0. The summed E-state index contributed by atoms with van der Waals surface area (Å²) in [6.45, 7) is 9.10. The van der Waals surface area contributed by atoms with E-state index in [4.69, 9.17) is 9.47 Å². The summed E-state index contributed by atoms with van der Waals surface area (Å²) in [7, 11) is 0. The minimum absolute atomic E-state index is 0.0312. The molecule has 0 aromatic heterocycles. The molecule has 4 rings (SSSR count). The molecule has 0 amide bonds. The number of aliphatic hydroxyl groups is 1. The lowest BCUT2D eigenvalue weighted by molar-refractivity contribution is -0.231. The molecule has 0 aromatic rings. The number of carbonyl (C=O) groups excluding carboxylic acids is 3. The van der Waals surface area contributed by atoms with E-state index in [1.54, 1.807) is 0 Å². The van der Waals surface area contributed by atoms with E-state index in [1.807, 2.05) is 6.92 Å². The quantitative estimate of drug-likeness (QED) is 0.679. The first-order valence-electron chi connectivity index (χ1n) is 12.0. The molecule has 6 nitrogen and oxygen atoms in total. The number of ketones is 1. The van der Waals surface area contributed by atoms with Crippen LogP contribution in [-0.4, -0.2) is 40.6 Å². The number of hydrogen-bond donors (Lipinski definition) is 1. The van der Waals surface area contributed by atoms with Crippen molar-refractivity contribution >= 4 is 17.7 Å². The van der Waals surface area contributed by atoms with Crippen molar-refractivity contribution in [2.24, 2.45) is 34.5 Å². The smallest absolute Gasteiger partial charge is 0.302 e.